The second kappa shape index (κ2) is 49.3. The van der Waals surface area contributed by atoms with Crippen molar-refractivity contribution in [1.29, 1.82) is 0 Å². The van der Waals surface area contributed by atoms with Crippen molar-refractivity contribution in [3.63, 3.8) is 0 Å². The average molecular weight is 1780 g/mol. The number of benzene rings is 4. The summed E-state index contributed by atoms with van der Waals surface area (Å²) in [6, 6.07) is 19.7. The van der Waals surface area contributed by atoms with Crippen LogP contribution in [0, 0.1) is 5.92 Å². The SMILES string of the molecule is CCNc1nc(NC(C)C)nc(C(=O)c2ccc(C[C@@H](C(=O)N[C@@H](CCCCNc3ccc(C4CCCN4C)cn3)C(=O)N[C@@H](CC(C)C)C(=O)N[C@@H](CCCCNC(C)C)C(=O)N3CCC[C@H]3C(=O)N[C@@H](C)C(N)=O)N(C)C(=O)[C@H](CO)NC(=O)[C@H](Cc3cccnc3)NC(=O)[C@H](Cc3ccc(Cl)cc3)NC(=O)[C@H](Cc3ccc4ccccc4c3)NC(C)=O)cc2)n1. The molecule has 2 aliphatic heterocycles. The van der Waals surface area contributed by atoms with Crippen LogP contribution in [-0.2, 0) is 78.4 Å². The Bertz CT molecular complexity index is 4920. The van der Waals surface area contributed by atoms with Crippen molar-refractivity contribution in [2.45, 2.75) is 237 Å². The highest BCUT2D eigenvalue weighted by molar-refractivity contribution is 6.30. The molecule has 688 valence electrons. The molecular formula is C93H126ClN21O13. The molecule has 1 unspecified atom stereocenters. The Morgan fingerprint density at radius 3 is 1.77 bits per heavy atom. The van der Waals surface area contributed by atoms with E-state index in [4.69, 9.17) is 22.3 Å². The number of nitrogens with two attached hydrogens (primary N) is 1. The molecule has 34 nitrogen and oxygen atoms in total. The summed E-state index contributed by atoms with van der Waals surface area (Å²) in [5.41, 5.74) is 8.80. The van der Waals surface area contributed by atoms with Gasteiger partial charge in [-0.05, 0) is 187 Å². The predicted octanol–water partition coefficient (Wildman–Crippen LogP) is 5.70. The lowest BCUT2D eigenvalue weighted by Crippen LogP contribution is -2.62. The first-order chi connectivity index (χ1) is 61.2. The maximum absolute atomic E-state index is 15.9. The lowest BCUT2D eigenvalue weighted by molar-refractivity contribution is -0.144. The zero-order valence-corrected chi connectivity index (χ0v) is 75.8. The third-order valence-corrected chi connectivity index (χ3v) is 22.7. The van der Waals surface area contributed by atoms with Gasteiger partial charge >= 0.3 is 0 Å². The number of pyridine rings is 2. The Kier molecular flexibility index (Phi) is 38.3. The van der Waals surface area contributed by atoms with Gasteiger partial charge in [0.1, 0.15) is 66.2 Å². The van der Waals surface area contributed by atoms with E-state index in [1.807, 2.05) is 109 Å². The molecule has 128 heavy (non-hydrogen) atoms. The highest BCUT2D eigenvalue weighted by atomic mass is 35.5. The summed E-state index contributed by atoms with van der Waals surface area (Å²) in [7, 11) is 3.35. The van der Waals surface area contributed by atoms with Crippen molar-refractivity contribution < 1.29 is 62.6 Å². The van der Waals surface area contributed by atoms with Gasteiger partial charge in [0.15, 0.2) is 0 Å². The number of carbonyl (C=O) groups is 12. The number of nitrogens with zero attached hydrogens (tertiary/aromatic N) is 8. The molecule has 11 amide bonds. The quantitative estimate of drug-likeness (QED) is 0.0161. The molecule has 15 N–H and O–H groups in total. The van der Waals surface area contributed by atoms with Crippen LogP contribution in [0.1, 0.15) is 183 Å². The van der Waals surface area contributed by atoms with Crippen LogP contribution >= 0.6 is 11.6 Å². The van der Waals surface area contributed by atoms with E-state index < -0.39 is 138 Å². The average Bonchev–Trinajstić information content (AvgIpc) is 1.57. The number of aliphatic hydroxyl groups is 1. The Morgan fingerprint density at radius 2 is 1.15 bits per heavy atom. The number of carbonyl (C=O) groups excluding carboxylic acids is 12. The zero-order chi connectivity index (χ0) is 92.7. The number of hydrogen-bond acceptors (Lipinski definition) is 23. The van der Waals surface area contributed by atoms with Crippen LogP contribution in [0.5, 0.6) is 0 Å². The standard InChI is InChI=1S/C93H126ClN21O13/c1-12-97-92-110-82(111-93(112-92)101-57(6)7)80(118)65-35-29-61(30-36-65)51-78(114(11)90(127)75(54-116)109-87(124)74(50-63-22-19-41-96-52-63)108-86(123)73(48-60-32-38-68(94)39-33-60)107-85(122)72(103-59(9)117)49-62-31-34-64-23-13-14-24-66(64)47-62)89(126)104-69(25-15-18-43-99-79-40-37-67(53-100-79)76-27-20-44-113(76)10)83(120)106-71(46-55(2)3)84(121)105-70(26-16-17-42-98-56(4)5)91(128)115-45-21-28-77(115)88(125)102-58(8)81(95)119/h13-14,19,22-24,29-41,47,52-53,55-58,69-78,98,116H,12,15-18,20-21,25-28,42-46,48-51,54H2,1-11H3,(H2,95,119)(H,99,100)(H,102,125)(H,103,117)(H,104,126)(H,105,121)(H,106,120)(H,107,122)(H,108,123)(H,109,124)(H2,97,101,110,111,112)/t58-,69-,70-,71-,72-,73-,74-,75-,76?,77-,78-/m0/s1. The number of fused-ring (bicyclic) bond motifs is 1. The van der Waals surface area contributed by atoms with E-state index in [1.165, 1.54) is 50.3 Å². The van der Waals surface area contributed by atoms with Crippen LogP contribution in [0.2, 0.25) is 5.02 Å². The molecular weight excluding hydrogens is 1650 g/mol. The normalized spacial score (nSPS) is 16.0. The minimum absolute atomic E-state index is 0.0238. The van der Waals surface area contributed by atoms with E-state index in [0.29, 0.717) is 78.4 Å². The summed E-state index contributed by atoms with van der Waals surface area (Å²) in [6.45, 7) is 17.5. The highest BCUT2D eigenvalue weighted by Gasteiger charge is 2.42. The number of hydrogen-bond donors (Lipinski definition) is 14. The van der Waals surface area contributed by atoms with E-state index in [2.05, 4.69) is 95.7 Å². The summed E-state index contributed by atoms with van der Waals surface area (Å²) in [5.74, 6) is -8.59. The predicted molar refractivity (Wildman–Crippen MR) is 489 cm³/mol. The first-order valence-corrected chi connectivity index (χ1v) is 44.6. The fourth-order valence-corrected chi connectivity index (χ4v) is 15.7. The second-order valence-electron chi connectivity index (χ2n) is 34.0. The Hall–Kier alpha value is -12.1. The summed E-state index contributed by atoms with van der Waals surface area (Å²) >= 11 is 6.32. The van der Waals surface area contributed by atoms with Crippen LogP contribution in [0.4, 0.5) is 17.7 Å². The molecule has 2 aliphatic rings. The maximum atomic E-state index is 15.9. The summed E-state index contributed by atoms with van der Waals surface area (Å²) in [6.07, 6.45) is 8.82. The van der Waals surface area contributed by atoms with Gasteiger partial charge in [0, 0.05) is 107 Å². The van der Waals surface area contributed by atoms with Gasteiger partial charge in [-0.1, -0.05) is 130 Å². The fourth-order valence-electron chi connectivity index (χ4n) is 15.6. The minimum Gasteiger partial charge on any atom is -0.394 e. The molecule has 2 saturated heterocycles. The molecule has 0 aliphatic carbocycles. The molecule has 7 aromatic rings. The number of ketones is 1. The number of anilines is 3. The van der Waals surface area contributed by atoms with E-state index in [0.717, 1.165) is 40.6 Å². The topological polar surface area (TPSA) is 470 Å². The van der Waals surface area contributed by atoms with Crippen molar-refractivity contribution in [3.8, 4) is 0 Å². The molecule has 11 atom stereocenters. The van der Waals surface area contributed by atoms with Gasteiger partial charge in [0.2, 0.25) is 88.5 Å². The van der Waals surface area contributed by atoms with Crippen LogP contribution in [0.15, 0.2) is 134 Å². The second-order valence-corrected chi connectivity index (χ2v) is 34.4. The summed E-state index contributed by atoms with van der Waals surface area (Å²) < 4.78 is 0. The number of aliphatic hydroxyl groups excluding tert-OH is 1. The number of halogens is 1. The van der Waals surface area contributed by atoms with Crippen molar-refractivity contribution in [2.75, 3.05) is 69.4 Å². The number of nitrogens with one attached hydrogen (secondary N) is 12. The molecule has 0 spiro atoms. The lowest BCUT2D eigenvalue weighted by atomic mass is 9.99. The molecule has 4 aromatic carbocycles. The van der Waals surface area contributed by atoms with Crippen LogP contribution < -0.4 is 69.5 Å². The van der Waals surface area contributed by atoms with Crippen molar-refractivity contribution in [1.82, 2.24) is 87.5 Å². The maximum Gasteiger partial charge on any atom is 0.247 e. The minimum atomic E-state index is -1.86. The van der Waals surface area contributed by atoms with Gasteiger partial charge in [0.05, 0.1) is 6.61 Å². The van der Waals surface area contributed by atoms with Gasteiger partial charge in [-0.3, -0.25) is 67.4 Å². The number of likely N-dealkylation sites (N-methyl/N-ethyl adjacent to an activating group) is 1. The molecule has 0 saturated carbocycles. The van der Waals surface area contributed by atoms with Gasteiger partial charge in [-0.2, -0.15) is 15.0 Å². The first-order valence-electron chi connectivity index (χ1n) is 44.3. The smallest absolute Gasteiger partial charge is 0.247 e. The number of rotatable bonds is 49. The van der Waals surface area contributed by atoms with E-state index in [-0.39, 0.29) is 112 Å². The number of aromatic nitrogens is 5. The molecule has 5 heterocycles. The van der Waals surface area contributed by atoms with E-state index >= 15 is 28.8 Å². The van der Waals surface area contributed by atoms with Crippen LogP contribution in [-0.4, -0.2) is 241 Å². The van der Waals surface area contributed by atoms with E-state index in [9.17, 15) is 33.9 Å². The first kappa shape index (κ1) is 99.6. The van der Waals surface area contributed by atoms with Crippen LogP contribution in [0.25, 0.3) is 10.8 Å². The fraction of sp³-hybridized carbons (Fsp3) is 0.495. The Balaban J connectivity index is 1.04. The Morgan fingerprint density at radius 1 is 0.562 bits per heavy atom. The number of likely N-dealkylation sites (tertiary alicyclic amines) is 2. The third-order valence-electron chi connectivity index (χ3n) is 22.5. The molecule has 0 bridgehead atoms. The number of amides is 11. The number of unbranched alkanes of at least 4 members (excludes halogenated alkanes) is 2. The molecule has 9 rings (SSSR count). The molecule has 3 aromatic heterocycles. The van der Waals surface area contributed by atoms with E-state index in [1.54, 1.807) is 48.5 Å². The summed E-state index contributed by atoms with van der Waals surface area (Å²) in [5, 5.41) is 48.9. The van der Waals surface area contributed by atoms with Gasteiger partial charge in [0.25, 0.3) is 0 Å². The van der Waals surface area contributed by atoms with Gasteiger partial charge < -0.3 is 84.4 Å². The third kappa shape index (κ3) is 30.3. The highest BCUT2D eigenvalue weighted by Crippen LogP contribution is 2.31. The monoisotopic (exact) mass is 1780 g/mol. The van der Waals surface area contributed by atoms with Crippen molar-refractivity contribution >= 4 is 111 Å². The van der Waals surface area contributed by atoms with Gasteiger partial charge in [-0.15, -0.1) is 0 Å². The molecule has 0 radical (unpaired) electrons. The molecule has 35 heteroatoms. The molecule has 2 fully saturated rings. The van der Waals surface area contributed by atoms with Gasteiger partial charge in [-0.25, -0.2) is 4.98 Å². The van der Waals surface area contributed by atoms with Crippen molar-refractivity contribution in [2.24, 2.45) is 11.7 Å². The van der Waals surface area contributed by atoms with Crippen LogP contribution in [0.3, 0.4) is 0 Å². The Labute approximate surface area is 753 Å². The summed E-state index contributed by atoms with van der Waals surface area (Å²) in [4.78, 5) is 202. The van der Waals surface area contributed by atoms with Crippen molar-refractivity contribution in [3.05, 3.63) is 178 Å². The number of primary amides is 1. The zero-order valence-electron chi connectivity index (χ0n) is 75.0. The lowest BCUT2D eigenvalue weighted by Gasteiger charge is -2.33. The largest absolute Gasteiger partial charge is 0.394 e.